The standard InChI is InChI=1S/C15H14Cl3N3O2/c1-3-23-12-5-4-9(6-13(12)22-2)8-19-21-15-11(17)7-10(16)14(18)20-15/h4-8H,3H2,1-2H3,(H,20,21). The first-order valence-electron chi connectivity index (χ1n) is 6.66. The van der Waals surface area contributed by atoms with Crippen LogP contribution in [0.1, 0.15) is 12.5 Å². The van der Waals surface area contributed by atoms with E-state index in [1.807, 2.05) is 19.1 Å². The number of aromatic nitrogens is 1. The topological polar surface area (TPSA) is 55.7 Å². The highest BCUT2D eigenvalue weighted by atomic mass is 35.5. The largest absolute Gasteiger partial charge is 0.493 e. The van der Waals surface area contributed by atoms with Gasteiger partial charge in [0, 0.05) is 0 Å². The smallest absolute Gasteiger partial charge is 0.166 e. The van der Waals surface area contributed by atoms with E-state index in [0.717, 1.165) is 5.56 Å². The van der Waals surface area contributed by atoms with Crippen molar-refractivity contribution in [2.24, 2.45) is 5.10 Å². The number of hydrogen-bond acceptors (Lipinski definition) is 5. The number of pyridine rings is 1. The zero-order valence-electron chi connectivity index (χ0n) is 12.4. The lowest BCUT2D eigenvalue weighted by Gasteiger charge is -2.09. The number of hydrazone groups is 1. The molecule has 0 fully saturated rings. The van der Waals surface area contributed by atoms with Gasteiger partial charge in [-0.2, -0.15) is 5.10 Å². The number of methoxy groups -OCH3 is 1. The molecule has 1 heterocycles. The van der Waals surface area contributed by atoms with Crippen molar-refractivity contribution in [3.63, 3.8) is 0 Å². The van der Waals surface area contributed by atoms with Gasteiger partial charge in [-0.3, -0.25) is 5.43 Å². The predicted octanol–water partition coefficient (Wildman–Crippen LogP) is 4.90. The summed E-state index contributed by atoms with van der Waals surface area (Å²) in [7, 11) is 1.58. The van der Waals surface area contributed by atoms with Crippen LogP contribution in [0.4, 0.5) is 5.82 Å². The summed E-state index contributed by atoms with van der Waals surface area (Å²) >= 11 is 17.7. The summed E-state index contributed by atoms with van der Waals surface area (Å²) in [5, 5.41) is 4.82. The molecule has 0 aliphatic carbocycles. The molecule has 0 amide bonds. The van der Waals surface area contributed by atoms with Gasteiger partial charge < -0.3 is 9.47 Å². The lowest BCUT2D eigenvalue weighted by Crippen LogP contribution is -1.97. The molecule has 0 radical (unpaired) electrons. The highest BCUT2D eigenvalue weighted by molar-refractivity contribution is 6.42. The normalized spacial score (nSPS) is 10.8. The first-order chi connectivity index (χ1) is 11.0. The van der Waals surface area contributed by atoms with Crippen LogP contribution in [-0.4, -0.2) is 24.9 Å². The summed E-state index contributed by atoms with van der Waals surface area (Å²) < 4.78 is 10.7. The highest BCUT2D eigenvalue weighted by Gasteiger charge is 2.07. The van der Waals surface area contributed by atoms with Gasteiger partial charge in [-0.05, 0) is 36.8 Å². The second-order valence-electron chi connectivity index (χ2n) is 4.30. The average molecular weight is 375 g/mol. The number of rotatable bonds is 6. The third-order valence-electron chi connectivity index (χ3n) is 2.76. The first-order valence-corrected chi connectivity index (χ1v) is 7.80. The summed E-state index contributed by atoms with van der Waals surface area (Å²) in [6.45, 7) is 2.47. The molecule has 0 atom stereocenters. The molecule has 2 aromatic rings. The van der Waals surface area contributed by atoms with Gasteiger partial charge in [0.15, 0.2) is 17.3 Å². The molecule has 1 aromatic heterocycles. The molecule has 23 heavy (non-hydrogen) atoms. The Hall–Kier alpha value is -1.69. The van der Waals surface area contributed by atoms with E-state index in [9.17, 15) is 0 Å². The van der Waals surface area contributed by atoms with Crippen molar-refractivity contribution in [3.05, 3.63) is 45.0 Å². The first kappa shape index (κ1) is 17.7. The SMILES string of the molecule is CCOc1ccc(C=NNc2nc(Cl)c(Cl)cc2Cl)cc1OC. The van der Waals surface area contributed by atoms with E-state index in [1.54, 1.807) is 19.4 Å². The minimum absolute atomic E-state index is 0.150. The lowest BCUT2D eigenvalue weighted by atomic mass is 10.2. The van der Waals surface area contributed by atoms with E-state index in [-0.39, 0.29) is 10.2 Å². The lowest BCUT2D eigenvalue weighted by molar-refractivity contribution is 0.311. The maximum atomic E-state index is 6.01. The molecular formula is C15H14Cl3N3O2. The zero-order valence-corrected chi connectivity index (χ0v) is 14.7. The molecule has 2 rings (SSSR count). The maximum absolute atomic E-state index is 6.01. The molecule has 1 N–H and O–H groups in total. The van der Waals surface area contributed by atoms with Crippen molar-refractivity contribution in [2.45, 2.75) is 6.92 Å². The minimum Gasteiger partial charge on any atom is -0.493 e. The Kier molecular flexibility index (Phi) is 6.33. The average Bonchev–Trinajstić information content (AvgIpc) is 2.53. The Balaban J connectivity index is 2.13. The molecule has 0 saturated heterocycles. The summed E-state index contributed by atoms with van der Waals surface area (Å²) in [5.41, 5.74) is 3.53. The van der Waals surface area contributed by atoms with Gasteiger partial charge in [-0.15, -0.1) is 0 Å². The number of ether oxygens (including phenoxy) is 2. The van der Waals surface area contributed by atoms with Gasteiger partial charge in [-0.1, -0.05) is 34.8 Å². The number of hydrogen-bond donors (Lipinski definition) is 1. The van der Waals surface area contributed by atoms with Crippen LogP contribution in [0.25, 0.3) is 0 Å². The van der Waals surface area contributed by atoms with E-state index in [0.29, 0.717) is 28.9 Å². The molecule has 8 heteroatoms. The molecule has 0 aliphatic heterocycles. The maximum Gasteiger partial charge on any atom is 0.166 e. The molecule has 1 aromatic carbocycles. The van der Waals surface area contributed by atoms with Crippen LogP contribution in [0.5, 0.6) is 11.5 Å². The van der Waals surface area contributed by atoms with Crippen molar-refractivity contribution in [1.29, 1.82) is 0 Å². The summed E-state index contributed by atoms with van der Waals surface area (Å²) in [6, 6.07) is 6.97. The monoisotopic (exact) mass is 373 g/mol. The van der Waals surface area contributed by atoms with Crippen LogP contribution >= 0.6 is 34.8 Å². The number of nitrogens with zero attached hydrogens (tertiary/aromatic N) is 2. The van der Waals surface area contributed by atoms with Crippen molar-refractivity contribution in [3.8, 4) is 11.5 Å². The predicted molar refractivity (Wildman–Crippen MR) is 94.6 cm³/mol. The Labute approximate surface area is 149 Å². The third kappa shape index (κ3) is 4.64. The van der Waals surface area contributed by atoms with Crippen LogP contribution in [0.2, 0.25) is 15.2 Å². The molecular weight excluding hydrogens is 361 g/mol. The Bertz CT molecular complexity index is 723. The molecule has 122 valence electrons. The summed E-state index contributed by atoms with van der Waals surface area (Å²) in [6.07, 6.45) is 1.60. The fourth-order valence-corrected chi connectivity index (χ4v) is 2.27. The Morgan fingerprint density at radius 1 is 1.17 bits per heavy atom. The fraction of sp³-hybridized carbons (Fsp3) is 0.200. The van der Waals surface area contributed by atoms with Crippen LogP contribution in [-0.2, 0) is 0 Å². The van der Waals surface area contributed by atoms with Crippen molar-refractivity contribution in [1.82, 2.24) is 4.98 Å². The quantitative estimate of drug-likeness (QED) is 0.444. The molecule has 0 spiro atoms. The van der Waals surface area contributed by atoms with E-state index in [1.165, 1.54) is 6.07 Å². The second kappa shape index (κ2) is 8.24. The van der Waals surface area contributed by atoms with Gasteiger partial charge in [0.25, 0.3) is 0 Å². The zero-order chi connectivity index (χ0) is 16.8. The van der Waals surface area contributed by atoms with Crippen LogP contribution in [0, 0.1) is 0 Å². The Morgan fingerprint density at radius 2 is 1.96 bits per heavy atom. The van der Waals surface area contributed by atoms with Crippen LogP contribution in [0.15, 0.2) is 29.4 Å². The van der Waals surface area contributed by atoms with Gasteiger partial charge in [0.1, 0.15) is 5.15 Å². The number of anilines is 1. The summed E-state index contributed by atoms with van der Waals surface area (Å²) in [4.78, 5) is 4.01. The summed E-state index contributed by atoms with van der Waals surface area (Å²) in [5.74, 6) is 1.62. The van der Waals surface area contributed by atoms with E-state index in [4.69, 9.17) is 44.3 Å². The van der Waals surface area contributed by atoms with Gasteiger partial charge in [0.2, 0.25) is 0 Å². The molecule has 0 unspecified atom stereocenters. The minimum atomic E-state index is 0.150. The van der Waals surface area contributed by atoms with E-state index >= 15 is 0 Å². The number of nitrogens with one attached hydrogen (secondary N) is 1. The van der Waals surface area contributed by atoms with Gasteiger partial charge in [0.05, 0.1) is 30.0 Å². The third-order valence-corrected chi connectivity index (χ3v) is 3.72. The van der Waals surface area contributed by atoms with Crippen molar-refractivity contribution >= 4 is 46.8 Å². The van der Waals surface area contributed by atoms with Crippen molar-refractivity contribution in [2.75, 3.05) is 19.1 Å². The Morgan fingerprint density at radius 3 is 2.65 bits per heavy atom. The molecule has 0 saturated carbocycles. The highest BCUT2D eigenvalue weighted by Crippen LogP contribution is 2.29. The number of benzene rings is 1. The number of halogens is 3. The molecule has 0 bridgehead atoms. The molecule has 0 aliphatic rings. The van der Waals surface area contributed by atoms with Gasteiger partial charge in [-0.25, -0.2) is 4.98 Å². The molecule has 5 nitrogen and oxygen atoms in total. The second-order valence-corrected chi connectivity index (χ2v) is 5.48. The van der Waals surface area contributed by atoms with Crippen LogP contribution in [0.3, 0.4) is 0 Å². The van der Waals surface area contributed by atoms with E-state index < -0.39 is 0 Å². The van der Waals surface area contributed by atoms with Crippen molar-refractivity contribution < 1.29 is 9.47 Å². The van der Waals surface area contributed by atoms with E-state index in [2.05, 4.69) is 15.5 Å². The van der Waals surface area contributed by atoms with Crippen LogP contribution < -0.4 is 14.9 Å². The van der Waals surface area contributed by atoms with Gasteiger partial charge >= 0.3 is 0 Å². The fourth-order valence-electron chi connectivity index (χ4n) is 1.73.